The summed E-state index contributed by atoms with van der Waals surface area (Å²) in [5.74, 6) is 0.955. The van der Waals surface area contributed by atoms with E-state index in [1.165, 1.54) is 0 Å². The Labute approximate surface area is 101 Å². The van der Waals surface area contributed by atoms with E-state index in [9.17, 15) is 5.11 Å². The summed E-state index contributed by atoms with van der Waals surface area (Å²) in [5, 5.41) is 9.55. The van der Waals surface area contributed by atoms with E-state index < -0.39 is 0 Å². The lowest BCUT2D eigenvalue weighted by Gasteiger charge is -2.10. The van der Waals surface area contributed by atoms with Gasteiger partial charge in [0.2, 0.25) is 0 Å². The van der Waals surface area contributed by atoms with Crippen LogP contribution in [0.3, 0.4) is 0 Å². The third-order valence-electron chi connectivity index (χ3n) is 2.58. The SMILES string of the molecule is Cc1cncc(COc2cccc(O)c2C)c1. The van der Waals surface area contributed by atoms with Gasteiger partial charge in [0.25, 0.3) is 0 Å². The molecule has 1 heterocycles. The van der Waals surface area contributed by atoms with Crippen molar-refractivity contribution in [1.29, 1.82) is 0 Å². The van der Waals surface area contributed by atoms with Crippen LogP contribution >= 0.6 is 0 Å². The molecule has 88 valence electrons. The van der Waals surface area contributed by atoms with E-state index in [2.05, 4.69) is 4.98 Å². The Morgan fingerprint density at radius 1 is 1.24 bits per heavy atom. The molecule has 1 N–H and O–H groups in total. The number of pyridine rings is 1. The molecular formula is C14H15NO2. The lowest BCUT2D eigenvalue weighted by molar-refractivity contribution is 0.301. The highest BCUT2D eigenvalue weighted by atomic mass is 16.5. The number of hydrogen-bond acceptors (Lipinski definition) is 3. The minimum Gasteiger partial charge on any atom is -0.508 e. The molecular weight excluding hydrogens is 214 g/mol. The number of phenols is 1. The van der Waals surface area contributed by atoms with Crippen LogP contribution in [-0.4, -0.2) is 10.1 Å². The topological polar surface area (TPSA) is 42.4 Å². The number of ether oxygens (including phenoxy) is 1. The number of nitrogens with zero attached hydrogens (tertiary/aromatic N) is 1. The van der Waals surface area contributed by atoms with Gasteiger partial charge in [-0.3, -0.25) is 4.98 Å². The zero-order valence-corrected chi connectivity index (χ0v) is 9.97. The number of hydrogen-bond donors (Lipinski definition) is 1. The lowest BCUT2D eigenvalue weighted by Crippen LogP contribution is -1.98. The second-order valence-corrected chi connectivity index (χ2v) is 4.06. The maximum atomic E-state index is 9.55. The van der Waals surface area contributed by atoms with Crippen LogP contribution in [0.15, 0.2) is 36.7 Å². The second-order valence-electron chi connectivity index (χ2n) is 4.06. The fourth-order valence-corrected chi connectivity index (χ4v) is 1.62. The predicted molar refractivity (Wildman–Crippen MR) is 66.1 cm³/mol. The van der Waals surface area contributed by atoms with Crippen molar-refractivity contribution < 1.29 is 9.84 Å². The highest BCUT2D eigenvalue weighted by Crippen LogP contribution is 2.26. The van der Waals surface area contributed by atoms with Crippen LogP contribution in [0.1, 0.15) is 16.7 Å². The van der Waals surface area contributed by atoms with Crippen molar-refractivity contribution in [2.75, 3.05) is 0 Å². The van der Waals surface area contributed by atoms with Crippen LogP contribution in [0.25, 0.3) is 0 Å². The second kappa shape index (κ2) is 4.87. The van der Waals surface area contributed by atoms with Crippen LogP contribution in [0.2, 0.25) is 0 Å². The molecule has 17 heavy (non-hydrogen) atoms. The summed E-state index contributed by atoms with van der Waals surface area (Å²) >= 11 is 0. The van der Waals surface area contributed by atoms with Crippen molar-refractivity contribution in [3.8, 4) is 11.5 Å². The van der Waals surface area contributed by atoms with E-state index in [0.29, 0.717) is 12.4 Å². The average Bonchev–Trinajstić information content (AvgIpc) is 2.31. The molecule has 0 aliphatic heterocycles. The first-order valence-corrected chi connectivity index (χ1v) is 5.49. The Morgan fingerprint density at radius 2 is 2.06 bits per heavy atom. The Kier molecular flexibility index (Phi) is 3.28. The predicted octanol–water partition coefficient (Wildman–Crippen LogP) is 2.98. The smallest absolute Gasteiger partial charge is 0.126 e. The van der Waals surface area contributed by atoms with E-state index in [4.69, 9.17) is 4.74 Å². The van der Waals surface area contributed by atoms with Gasteiger partial charge in [-0.05, 0) is 37.6 Å². The van der Waals surface area contributed by atoms with Crippen molar-refractivity contribution in [2.24, 2.45) is 0 Å². The first-order chi connectivity index (χ1) is 8.16. The van der Waals surface area contributed by atoms with Crippen LogP contribution in [-0.2, 0) is 6.61 Å². The van der Waals surface area contributed by atoms with Gasteiger partial charge in [0.05, 0.1) is 0 Å². The summed E-state index contributed by atoms with van der Waals surface area (Å²) in [6.45, 7) is 4.29. The van der Waals surface area contributed by atoms with Gasteiger partial charge in [-0.15, -0.1) is 0 Å². The molecule has 0 aliphatic rings. The van der Waals surface area contributed by atoms with Gasteiger partial charge in [-0.1, -0.05) is 6.07 Å². The monoisotopic (exact) mass is 229 g/mol. The summed E-state index contributed by atoms with van der Waals surface area (Å²) in [7, 11) is 0. The number of aromatic nitrogens is 1. The van der Waals surface area contributed by atoms with E-state index >= 15 is 0 Å². The molecule has 0 unspecified atom stereocenters. The van der Waals surface area contributed by atoms with Crippen molar-refractivity contribution in [3.63, 3.8) is 0 Å². The molecule has 1 aromatic heterocycles. The molecule has 1 aromatic carbocycles. The van der Waals surface area contributed by atoms with Crippen LogP contribution in [0.4, 0.5) is 0 Å². The van der Waals surface area contributed by atoms with Crippen molar-refractivity contribution in [3.05, 3.63) is 53.3 Å². The molecule has 0 aliphatic carbocycles. The molecule has 2 rings (SSSR count). The zero-order valence-electron chi connectivity index (χ0n) is 9.97. The molecule has 0 bridgehead atoms. The molecule has 2 aromatic rings. The summed E-state index contributed by atoms with van der Waals surface area (Å²) < 4.78 is 5.66. The highest BCUT2D eigenvalue weighted by molar-refractivity contribution is 5.42. The maximum absolute atomic E-state index is 9.55. The molecule has 0 saturated carbocycles. The number of benzene rings is 1. The number of rotatable bonds is 3. The van der Waals surface area contributed by atoms with Gasteiger partial charge in [-0.25, -0.2) is 0 Å². The van der Waals surface area contributed by atoms with Gasteiger partial charge >= 0.3 is 0 Å². The molecule has 3 heteroatoms. The quantitative estimate of drug-likeness (QED) is 0.879. The first-order valence-electron chi connectivity index (χ1n) is 5.49. The third-order valence-corrected chi connectivity index (χ3v) is 2.58. The Morgan fingerprint density at radius 3 is 2.82 bits per heavy atom. The summed E-state index contributed by atoms with van der Waals surface area (Å²) in [5.41, 5.74) is 2.89. The van der Waals surface area contributed by atoms with E-state index in [0.717, 1.165) is 16.7 Å². The molecule has 0 radical (unpaired) electrons. The molecule has 0 fully saturated rings. The summed E-state index contributed by atoms with van der Waals surface area (Å²) in [6, 6.07) is 7.30. The molecule has 3 nitrogen and oxygen atoms in total. The lowest BCUT2D eigenvalue weighted by atomic mass is 10.2. The Hall–Kier alpha value is -2.03. The van der Waals surface area contributed by atoms with Gasteiger partial charge in [-0.2, -0.15) is 0 Å². The Bertz CT molecular complexity index is 523. The van der Waals surface area contributed by atoms with Crippen LogP contribution in [0.5, 0.6) is 11.5 Å². The van der Waals surface area contributed by atoms with Crippen LogP contribution < -0.4 is 4.74 Å². The van der Waals surface area contributed by atoms with Gasteiger partial charge in [0, 0.05) is 23.5 Å². The van der Waals surface area contributed by atoms with E-state index in [1.807, 2.05) is 32.2 Å². The highest BCUT2D eigenvalue weighted by Gasteiger charge is 2.04. The number of phenolic OH excluding ortho intramolecular Hbond substituents is 1. The average molecular weight is 229 g/mol. The van der Waals surface area contributed by atoms with E-state index in [-0.39, 0.29) is 5.75 Å². The summed E-state index contributed by atoms with van der Waals surface area (Å²) in [4.78, 5) is 4.11. The van der Waals surface area contributed by atoms with Crippen molar-refractivity contribution in [2.45, 2.75) is 20.5 Å². The maximum Gasteiger partial charge on any atom is 0.126 e. The zero-order chi connectivity index (χ0) is 12.3. The number of aryl methyl sites for hydroxylation is 1. The van der Waals surface area contributed by atoms with Gasteiger partial charge in [0.15, 0.2) is 0 Å². The molecule has 0 saturated heterocycles. The molecule has 0 spiro atoms. The van der Waals surface area contributed by atoms with Crippen molar-refractivity contribution >= 4 is 0 Å². The normalized spacial score (nSPS) is 10.2. The third kappa shape index (κ3) is 2.75. The molecule has 0 atom stereocenters. The standard InChI is InChI=1S/C14H15NO2/c1-10-6-12(8-15-7-10)9-17-14-5-3-4-13(16)11(14)2/h3-8,16H,9H2,1-2H3. The fourth-order valence-electron chi connectivity index (χ4n) is 1.62. The minimum atomic E-state index is 0.255. The summed E-state index contributed by atoms with van der Waals surface area (Å²) in [6.07, 6.45) is 3.59. The van der Waals surface area contributed by atoms with E-state index in [1.54, 1.807) is 18.3 Å². The largest absolute Gasteiger partial charge is 0.508 e. The van der Waals surface area contributed by atoms with Gasteiger partial charge < -0.3 is 9.84 Å². The van der Waals surface area contributed by atoms with Crippen LogP contribution in [0, 0.1) is 13.8 Å². The van der Waals surface area contributed by atoms with Crippen molar-refractivity contribution in [1.82, 2.24) is 4.98 Å². The molecule has 0 amide bonds. The minimum absolute atomic E-state index is 0.255. The van der Waals surface area contributed by atoms with Gasteiger partial charge in [0.1, 0.15) is 18.1 Å². The number of aromatic hydroxyl groups is 1. The first kappa shape index (κ1) is 11.5. The fraction of sp³-hybridized carbons (Fsp3) is 0.214. The Balaban J connectivity index is 2.10.